The molecule has 0 unspecified atom stereocenters. The number of hydrogen-bond donors (Lipinski definition) is 1. The maximum Gasteiger partial charge on any atom is 0.320 e. The molecule has 124 valence electrons. The maximum atomic E-state index is 13.0. The van der Waals surface area contributed by atoms with Crippen molar-refractivity contribution in [1.29, 1.82) is 0 Å². The van der Waals surface area contributed by atoms with Gasteiger partial charge in [-0.1, -0.05) is 0 Å². The highest BCUT2D eigenvalue weighted by atomic mass is 32.2. The number of aliphatic hydroxyl groups excluding tert-OH is 1. The van der Waals surface area contributed by atoms with E-state index >= 15 is 0 Å². The van der Waals surface area contributed by atoms with Crippen molar-refractivity contribution in [2.45, 2.75) is 23.7 Å². The minimum atomic E-state index is -1.31. The number of carbonyl (C=O) groups excluding carboxylic acids is 2. The number of esters is 1. The first-order valence-electron chi connectivity index (χ1n) is 7.41. The van der Waals surface area contributed by atoms with E-state index in [2.05, 4.69) is 0 Å². The lowest BCUT2D eigenvalue weighted by Gasteiger charge is -2.30. The summed E-state index contributed by atoms with van der Waals surface area (Å²) in [6.07, 6.45) is -0.954. The molecule has 0 aromatic heterocycles. The normalized spacial score (nSPS) is 29.0. The Bertz CT molecular complexity index is 664. The van der Waals surface area contributed by atoms with Gasteiger partial charge in [0.1, 0.15) is 16.4 Å². The SMILES string of the molecule is CCOC(=O)[C@H]1SC[C@H](O)[C@]12C(=O)N(C)c1ccc(OC)cc12. The lowest BCUT2D eigenvalue weighted by atomic mass is 9.74. The molecule has 0 radical (unpaired) electrons. The molecule has 2 aliphatic rings. The van der Waals surface area contributed by atoms with Crippen LogP contribution < -0.4 is 9.64 Å². The first-order valence-corrected chi connectivity index (χ1v) is 8.46. The van der Waals surface area contributed by atoms with Crippen LogP contribution in [0.4, 0.5) is 5.69 Å². The van der Waals surface area contributed by atoms with Gasteiger partial charge in [0.15, 0.2) is 0 Å². The van der Waals surface area contributed by atoms with Crippen LogP contribution in [0.15, 0.2) is 18.2 Å². The molecule has 1 fully saturated rings. The Hall–Kier alpha value is -1.73. The standard InChI is InChI=1S/C16H19NO5S/c1-4-22-14(19)13-16(12(18)8-23-13)10-7-9(21-3)5-6-11(10)17(2)15(16)20/h5-7,12-13,18H,4,8H2,1-3H3/t12-,13+,16-/m0/s1. The Balaban J connectivity index is 2.19. The number of hydrogen-bond acceptors (Lipinski definition) is 6. The fourth-order valence-corrected chi connectivity index (χ4v) is 4.93. The Morgan fingerprint density at radius 3 is 2.91 bits per heavy atom. The monoisotopic (exact) mass is 337 g/mol. The summed E-state index contributed by atoms with van der Waals surface area (Å²) >= 11 is 1.26. The molecule has 1 amide bonds. The van der Waals surface area contributed by atoms with Crippen LogP contribution in [0.1, 0.15) is 12.5 Å². The minimum Gasteiger partial charge on any atom is -0.497 e. The second-order valence-electron chi connectivity index (χ2n) is 5.60. The third-order valence-electron chi connectivity index (χ3n) is 4.53. The Kier molecular flexibility index (Phi) is 4.01. The van der Waals surface area contributed by atoms with E-state index in [1.54, 1.807) is 32.2 Å². The lowest BCUT2D eigenvalue weighted by molar-refractivity contribution is -0.147. The zero-order chi connectivity index (χ0) is 16.8. The van der Waals surface area contributed by atoms with Crippen LogP contribution in [-0.2, 0) is 19.7 Å². The minimum absolute atomic E-state index is 0.233. The molecule has 0 saturated carbocycles. The van der Waals surface area contributed by atoms with Gasteiger partial charge in [0.05, 0.1) is 19.8 Å². The molecule has 23 heavy (non-hydrogen) atoms. The summed E-state index contributed by atoms with van der Waals surface area (Å²) in [5.74, 6) is 0.139. The van der Waals surface area contributed by atoms with Crippen molar-refractivity contribution in [3.63, 3.8) is 0 Å². The van der Waals surface area contributed by atoms with Crippen molar-refractivity contribution in [2.75, 3.05) is 31.4 Å². The fourth-order valence-electron chi connectivity index (χ4n) is 3.44. The van der Waals surface area contributed by atoms with Crippen LogP contribution in [0.3, 0.4) is 0 Å². The number of amides is 1. The van der Waals surface area contributed by atoms with Crippen LogP contribution in [0.5, 0.6) is 5.75 Å². The summed E-state index contributed by atoms with van der Waals surface area (Å²) < 4.78 is 10.4. The molecule has 0 bridgehead atoms. The molecule has 1 aromatic carbocycles. The van der Waals surface area contributed by atoms with E-state index in [9.17, 15) is 14.7 Å². The van der Waals surface area contributed by atoms with E-state index in [1.807, 2.05) is 0 Å². The largest absolute Gasteiger partial charge is 0.497 e. The Morgan fingerprint density at radius 2 is 2.26 bits per heavy atom. The Labute approximate surface area is 138 Å². The van der Waals surface area contributed by atoms with Crippen molar-refractivity contribution in [1.82, 2.24) is 0 Å². The van der Waals surface area contributed by atoms with Crippen LogP contribution in [0.2, 0.25) is 0 Å². The van der Waals surface area contributed by atoms with Crippen molar-refractivity contribution < 1.29 is 24.2 Å². The summed E-state index contributed by atoms with van der Waals surface area (Å²) in [6.45, 7) is 1.96. The number of methoxy groups -OCH3 is 1. The second kappa shape index (κ2) is 5.72. The number of benzene rings is 1. The van der Waals surface area contributed by atoms with Gasteiger partial charge in [0.25, 0.3) is 0 Å². The number of fused-ring (bicyclic) bond motifs is 2. The van der Waals surface area contributed by atoms with Crippen LogP contribution in [-0.4, -0.2) is 54.9 Å². The molecular weight excluding hydrogens is 318 g/mol. The highest BCUT2D eigenvalue weighted by molar-refractivity contribution is 8.01. The number of carbonyl (C=O) groups is 2. The van der Waals surface area contributed by atoms with E-state index in [1.165, 1.54) is 23.8 Å². The summed E-state index contributed by atoms with van der Waals surface area (Å²) in [6, 6.07) is 5.27. The van der Waals surface area contributed by atoms with Gasteiger partial charge in [0.2, 0.25) is 5.91 Å². The predicted molar refractivity (Wildman–Crippen MR) is 87.0 cm³/mol. The van der Waals surface area contributed by atoms with Crippen molar-refractivity contribution >= 4 is 29.3 Å². The summed E-state index contributed by atoms with van der Waals surface area (Å²) in [4.78, 5) is 26.9. The topological polar surface area (TPSA) is 76.1 Å². The molecule has 1 saturated heterocycles. The van der Waals surface area contributed by atoms with Crippen LogP contribution >= 0.6 is 11.8 Å². The predicted octanol–water partition coefficient (Wildman–Crippen LogP) is 0.949. The molecular formula is C16H19NO5S. The van der Waals surface area contributed by atoms with Gasteiger partial charge < -0.3 is 19.5 Å². The quantitative estimate of drug-likeness (QED) is 0.828. The highest BCUT2D eigenvalue weighted by Crippen LogP contribution is 2.54. The van der Waals surface area contributed by atoms with Gasteiger partial charge in [0, 0.05) is 18.5 Å². The van der Waals surface area contributed by atoms with Gasteiger partial charge in [-0.3, -0.25) is 9.59 Å². The zero-order valence-corrected chi connectivity index (χ0v) is 14.1. The molecule has 3 atom stereocenters. The molecule has 6 nitrogen and oxygen atoms in total. The Morgan fingerprint density at radius 1 is 1.52 bits per heavy atom. The van der Waals surface area contributed by atoms with Gasteiger partial charge >= 0.3 is 5.97 Å². The first kappa shape index (κ1) is 16.1. The number of rotatable bonds is 3. The van der Waals surface area contributed by atoms with Crippen molar-refractivity contribution in [3.8, 4) is 5.75 Å². The third-order valence-corrected chi connectivity index (χ3v) is 5.94. The average molecular weight is 337 g/mol. The lowest BCUT2D eigenvalue weighted by Crippen LogP contribution is -2.53. The maximum absolute atomic E-state index is 13.0. The molecule has 1 spiro atoms. The highest BCUT2D eigenvalue weighted by Gasteiger charge is 2.65. The van der Waals surface area contributed by atoms with Crippen LogP contribution in [0.25, 0.3) is 0 Å². The molecule has 2 heterocycles. The number of likely N-dealkylation sites (N-methyl/N-ethyl adjacent to an activating group) is 1. The molecule has 1 N–H and O–H groups in total. The van der Waals surface area contributed by atoms with E-state index in [0.29, 0.717) is 22.8 Å². The number of anilines is 1. The molecule has 0 aliphatic carbocycles. The van der Waals surface area contributed by atoms with E-state index in [-0.39, 0.29) is 12.5 Å². The first-order chi connectivity index (χ1) is 11.0. The molecule has 3 rings (SSSR count). The number of aliphatic hydroxyl groups is 1. The fraction of sp³-hybridized carbons (Fsp3) is 0.500. The van der Waals surface area contributed by atoms with Gasteiger partial charge in [-0.25, -0.2) is 0 Å². The zero-order valence-electron chi connectivity index (χ0n) is 13.2. The van der Waals surface area contributed by atoms with E-state index < -0.39 is 22.7 Å². The summed E-state index contributed by atoms with van der Waals surface area (Å²) in [5.41, 5.74) is 0.00164. The number of nitrogens with zero attached hydrogens (tertiary/aromatic N) is 1. The smallest absolute Gasteiger partial charge is 0.320 e. The number of thioether (sulfide) groups is 1. The van der Waals surface area contributed by atoms with Crippen molar-refractivity contribution in [2.24, 2.45) is 0 Å². The second-order valence-corrected chi connectivity index (χ2v) is 6.74. The average Bonchev–Trinajstić information content (AvgIpc) is 3.00. The van der Waals surface area contributed by atoms with Crippen molar-refractivity contribution in [3.05, 3.63) is 23.8 Å². The van der Waals surface area contributed by atoms with Gasteiger partial charge in [-0.15, -0.1) is 11.8 Å². The van der Waals surface area contributed by atoms with Gasteiger partial charge in [-0.2, -0.15) is 0 Å². The summed E-state index contributed by atoms with van der Waals surface area (Å²) in [7, 11) is 3.19. The van der Waals surface area contributed by atoms with E-state index in [4.69, 9.17) is 9.47 Å². The van der Waals surface area contributed by atoms with Crippen LogP contribution in [0, 0.1) is 0 Å². The molecule has 1 aromatic rings. The molecule has 2 aliphatic heterocycles. The third kappa shape index (κ3) is 2.06. The molecule has 7 heteroatoms. The number of ether oxygens (including phenoxy) is 2. The van der Waals surface area contributed by atoms with Gasteiger partial charge in [-0.05, 0) is 30.7 Å². The summed E-state index contributed by atoms with van der Waals surface area (Å²) in [5, 5.41) is 9.89. The van der Waals surface area contributed by atoms with E-state index in [0.717, 1.165) is 0 Å².